The number of benzene rings is 1. The standard InChI is InChI=1S/C37H56N2O4/c1-23(2)7-6-8-24(3)29-12-13-30-28-11-9-25-21-27(17-19-36(25,4)31(28)18-20-37(29,30)5)42-34(40)15-16-35(41)43-33-14-10-26(38)22-32(33)39/h9-10,14,22-24,27-31H,6-8,11-13,15-21,38-39H2,1-5H3. The van der Waals surface area contributed by atoms with Crippen molar-refractivity contribution in [2.24, 2.45) is 46.3 Å². The van der Waals surface area contributed by atoms with E-state index < -0.39 is 5.97 Å². The first-order valence-corrected chi connectivity index (χ1v) is 17.2. The summed E-state index contributed by atoms with van der Waals surface area (Å²) in [4.78, 5) is 25.0. The van der Waals surface area contributed by atoms with Gasteiger partial charge in [0.05, 0.1) is 18.5 Å². The van der Waals surface area contributed by atoms with E-state index in [2.05, 4.69) is 40.7 Å². The highest BCUT2D eigenvalue weighted by atomic mass is 16.5. The second-order valence-corrected chi connectivity index (χ2v) is 15.4. The Morgan fingerprint density at radius 1 is 0.953 bits per heavy atom. The number of carbonyl (C=O) groups is 2. The van der Waals surface area contributed by atoms with Crippen LogP contribution < -0.4 is 16.2 Å². The van der Waals surface area contributed by atoms with Gasteiger partial charge in [-0.15, -0.1) is 0 Å². The summed E-state index contributed by atoms with van der Waals surface area (Å²) < 4.78 is 11.2. The molecular weight excluding hydrogens is 536 g/mol. The fourth-order valence-electron chi connectivity index (χ4n) is 10.0. The van der Waals surface area contributed by atoms with Crippen LogP contribution in [0, 0.1) is 46.3 Å². The Bertz CT molecular complexity index is 1210. The molecule has 238 valence electrons. The predicted octanol–water partition coefficient (Wildman–Crippen LogP) is 8.49. The van der Waals surface area contributed by atoms with Gasteiger partial charge in [-0.05, 0) is 109 Å². The summed E-state index contributed by atoms with van der Waals surface area (Å²) >= 11 is 0. The summed E-state index contributed by atoms with van der Waals surface area (Å²) in [7, 11) is 0. The van der Waals surface area contributed by atoms with E-state index in [1.54, 1.807) is 18.2 Å². The Kier molecular flexibility index (Phi) is 9.54. The van der Waals surface area contributed by atoms with E-state index >= 15 is 0 Å². The maximum absolute atomic E-state index is 12.7. The van der Waals surface area contributed by atoms with Gasteiger partial charge in [0.2, 0.25) is 0 Å². The molecule has 6 nitrogen and oxygen atoms in total. The van der Waals surface area contributed by atoms with Crippen LogP contribution in [0.25, 0.3) is 0 Å². The number of ether oxygens (including phenoxy) is 2. The Morgan fingerprint density at radius 2 is 1.72 bits per heavy atom. The lowest BCUT2D eigenvalue weighted by molar-refractivity contribution is -0.153. The largest absolute Gasteiger partial charge is 0.462 e. The molecule has 0 aromatic heterocycles. The number of hydrogen-bond acceptors (Lipinski definition) is 6. The van der Waals surface area contributed by atoms with Gasteiger partial charge in [-0.2, -0.15) is 0 Å². The molecule has 0 amide bonds. The van der Waals surface area contributed by atoms with Crippen molar-refractivity contribution < 1.29 is 19.1 Å². The third kappa shape index (κ3) is 6.63. The van der Waals surface area contributed by atoms with Crippen molar-refractivity contribution in [2.75, 3.05) is 11.5 Å². The highest BCUT2D eigenvalue weighted by Crippen LogP contribution is 2.67. The molecule has 0 saturated heterocycles. The molecule has 0 aliphatic heterocycles. The van der Waals surface area contributed by atoms with E-state index in [0.29, 0.717) is 16.8 Å². The molecule has 43 heavy (non-hydrogen) atoms. The molecule has 6 heteroatoms. The molecule has 0 bridgehead atoms. The molecule has 5 rings (SSSR count). The quantitative estimate of drug-likeness (QED) is 0.122. The van der Waals surface area contributed by atoms with Crippen LogP contribution in [0.3, 0.4) is 0 Å². The van der Waals surface area contributed by atoms with Gasteiger partial charge < -0.3 is 20.9 Å². The van der Waals surface area contributed by atoms with Crippen LogP contribution in [0.15, 0.2) is 29.8 Å². The molecule has 1 aromatic rings. The normalized spacial score (nSPS) is 34.0. The lowest BCUT2D eigenvalue weighted by Crippen LogP contribution is -2.51. The second-order valence-electron chi connectivity index (χ2n) is 15.4. The van der Waals surface area contributed by atoms with Crippen LogP contribution in [0.1, 0.15) is 118 Å². The summed E-state index contributed by atoms with van der Waals surface area (Å²) in [5.74, 6) is 4.31. The number of nitrogen functional groups attached to an aromatic ring is 2. The average molecular weight is 593 g/mol. The second kappa shape index (κ2) is 12.9. The van der Waals surface area contributed by atoms with E-state index in [4.69, 9.17) is 20.9 Å². The topological polar surface area (TPSA) is 105 Å². The first-order chi connectivity index (χ1) is 20.4. The van der Waals surface area contributed by atoms with Gasteiger partial charge in [0.1, 0.15) is 6.10 Å². The molecule has 8 atom stereocenters. The van der Waals surface area contributed by atoms with Gasteiger partial charge in [0, 0.05) is 12.1 Å². The van der Waals surface area contributed by atoms with Gasteiger partial charge in [-0.25, -0.2) is 0 Å². The summed E-state index contributed by atoms with van der Waals surface area (Å²) in [5, 5.41) is 0. The van der Waals surface area contributed by atoms with Crippen LogP contribution in [0.4, 0.5) is 11.4 Å². The zero-order valence-corrected chi connectivity index (χ0v) is 27.3. The van der Waals surface area contributed by atoms with Crippen LogP contribution in [0.5, 0.6) is 5.75 Å². The zero-order chi connectivity index (χ0) is 30.9. The number of nitrogens with two attached hydrogens (primary N) is 2. The molecule has 4 N–H and O–H groups in total. The SMILES string of the molecule is CC(C)CCCC(C)C1CCC2C3CC=C4CC(OC(=O)CCC(=O)Oc5ccc(N)cc5N)CCC4(C)C3CCC12C. The monoisotopic (exact) mass is 592 g/mol. The van der Waals surface area contributed by atoms with Gasteiger partial charge in [-0.3, -0.25) is 9.59 Å². The van der Waals surface area contributed by atoms with Gasteiger partial charge in [0.25, 0.3) is 0 Å². The number of esters is 2. The number of rotatable bonds is 10. The molecule has 8 unspecified atom stereocenters. The highest BCUT2D eigenvalue weighted by Gasteiger charge is 2.59. The van der Waals surface area contributed by atoms with Crippen molar-refractivity contribution in [1.29, 1.82) is 0 Å². The Morgan fingerprint density at radius 3 is 2.47 bits per heavy atom. The van der Waals surface area contributed by atoms with Crippen LogP contribution in [-0.4, -0.2) is 18.0 Å². The highest BCUT2D eigenvalue weighted by molar-refractivity contribution is 5.80. The van der Waals surface area contributed by atoms with Gasteiger partial charge in [-0.1, -0.05) is 65.5 Å². The molecule has 4 aliphatic carbocycles. The number of anilines is 2. The molecule has 1 aromatic carbocycles. The molecule has 4 aliphatic rings. The van der Waals surface area contributed by atoms with E-state index in [0.717, 1.165) is 54.8 Å². The van der Waals surface area contributed by atoms with E-state index in [9.17, 15) is 9.59 Å². The van der Waals surface area contributed by atoms with Crippen molar-refractivity contribution in [3.8, 4) is 5.75 Å². The van der Waals surface area contributed by atoms with Crippen molar-refractivity contribution in [1.82, 2.24) is 0 Å². The van der Waals surface area contributed by atoms with Crippen LogP contribution in [-0.2, 0) is 14.3 Å². The number of fused-ring (bicyclic) bond motifs is 5. The van der Waals surface area contributed by atoms with E-state index in [1.807, 2.05) is 0 Å². The number of allylic oxidation sites excluding steroid dienone is 1. The minimum absolute atomic E-state index is 0.00253. The minimum atomic E-state index is -0.505. The summed E-state index contributed by atoms with van der Waals surface area (Å²) in [6.45, 7) is 12.4. The Hall–Kier alpha value is -2.50. The lowest BCUT2D eigenvalue weighted by atomic mass is 9.47. The van der Waals surface area contributed by atoms with Crippen molar-refractivity contribution in [2.45, 2.75) is 124 Å². The minimum Gasteiger partial charge on any atom is -0.462 e. The van der Waals surface area contributed by atoms with E-state index in [-0.39, 0.29) is 36.1 Å². The maximum Gasteiger partial charge on any atom is 0.311 e. The molecule has 0 spiro atoms. The maximum atomic E-state index is 12.7. The average Bonchev–Trinajstić information content (AvgIpc) is 3.31. The summed E-state index contributed by atoms with van der Waals surface area (Å²) in [6.07, 6.45) is 16.0. The van der Waals surface area contributed by atoms with Crippen molar-refractivity contribution >= 4 is 23.3 Å². The lowest BCUT2D eigenvalue weighted by Gasteiger charge is -2.58. The fourth-order valence-corrected chi connectivity index (χ4v) is 10.0. The van der Waals surface area contributed by atoms with Gasteiger partial charge in [0.15, 0.2) is 5.75 Å². The molecule has 3 saturated carbocycles. The molecular formula is C37H56N2O4. The first kappa shape index (κ1) is 31.9. The summed E-state index contributed by atoms with van der Waals surface area (Å²) in [5.41, 5.74) is 14.6. The third-order valence-corrected chi connectivity index (χ3v) is 12.3. The third-order valence-electron chi connectivity index (χ3n) is 12.3. The molecule has 0 heterocycles. The first-order valence-electron chi connectivity index (χ1n) is 17.2. The molecule has 3 fully saturated rings. The van der Waals surface area contributed by atoms with Crippen LogP contribution >= 0.6 is 0 Å². The Balaban J connectivity index is 1.14. The van der Waals surface area contributed by atoms with Crippen molar-refractivity contribution in [3.63, 3.8) is 0 Å². The molecule has 0 radical (unpaired) electrons. The Labute approximate surface area is 259 Å². The van der Waals surface area contributed by atoms with Gasteiger partial charge >= 0.3 is 11.9 Å². The van der Waals surface area contributed by atoms with Crippen molar-refractivity contribution in [3.05, 3.63) is 29.8 Å². The number of hydrogen-bond donors (Lipinski definition) is 2. The van der Waals surface area contributed by atoms with Crippen LogP contribution in [0.2, 0.25) is 0 Å². The predicted molar refractivity (Wildman–Crippen MR) is 173 cm³/mol. The summed E-state index contributed by atoms with van der Waals surface area (Å²) in [6, 6.07) is 4.73. The zero-order valence-electron chi connectivity index (χ0n) is 27.3. The van der Waals surface area contributed by atoms with E-state index in [1.165, 1.54) is 56.9 Å². The number of carbonyl (C=O) groups excluding carboxylic acids is 2. The fraction of sp³-hybridized carbons (Fsp3) is 0.730. The smallest absolute Gasteiger partial charge is 0.311 e.